The van der Waals surface area contributed by atoms with E-state index in [1.165, 1.54) is 0 Å². The molecule has 3 aromatic rings. The molecule has 3 rings (SSSR count). The molecule has 0 saturated heterocycles. The highest BCUT2D eigenvalue weighted by atomic mass is 35.5. The largest absolute Gasteiger partial charge is 0.477 e. The van der Waals surface area contributed by atoms with Gasteiger partial charge in [-0.15, -0.1) is 0 Å². The van der Waals surface area contributed by atoms with E-state index in [1.807, 2.05) is 48.5 Å². The van der Waals surface area contributed by atoms with Crippen LogP contribution in [0.2, 0.25) is 5.02 Å². The number of benzene rings is 2. The van der Waals surface area contributed by atoms with Crippen LogP contribution in [0, 0.1) is 0 Å². The van der Waals surface area contributed by atoms with Gasteiger partial charge in [0, 0.05) is 11.8 Å². The molecule has 5 heteroatoms. The second-order valence-electron chi connectivity index (χ2n) is 6.56. The zero-order valence-electron chi connectivity index (χ0n) is 16.7. The summed E-state index contributed by atoms with van der Waals surface area (Å²) in [7, 11) is 0. The summed E-state index contributed by atoms with van der Waals surface area (Å²) in [5.41, 5.74) is 4.15. The summed E-state index contributed by atoms with van der Waals surface area (Å²) in [4.78, 5) is 16.6. The Kier molecular flexibility index (Phi) is 7.25. The Morgan fingerprint density at radius 2 is 1.79 bits per heavy atom. The lowest BCUT2D eigenvalue weighted by Crippen LogP contribution is -2.04. The summed E-state index contributed by atoms with van der Waals surface area (Å²) < 4.78 is 11.1. The van der Waals surface area contributed by atoms with Gasteiger partial charge in [-0.3, -0.25) is 0 Å². The maximum Gasteiger partial charge on any atom is 0.338 e. The van der Waals surface area contributed by atoms with Crippen molar-refractivity contribution < 1.29 is 14.3 Å². The predicted molar refractivity (Wildman–Crippen MR) is 116 cm³/mol. The van der Waals surface area contributed by atoms with Gasteiger partial charge in [-0.1, -0.05) is 61.3 Å². The molecule has 2 aromatic carbocycles. The first-order valence-electron chi connectivity index (χ1n) is 9.79. The molecule has 0 atom stereocenters. The van der Waals surface area contributed by atoms with Crippen LogP contribution >= 0.6 is 11.6 Å². The number of carbonyl (C=O) groups excluding carboxylic acids is 1. The topological polar surface area (TPSA) is 48.4 Å². The number of aromatic nitrogens is 1. The molecular formula is C24H24ClNO3. The monoisotopic (exact) mass is 409 g/mol. The number of pyridine rings is 1. The highest BCUT2D eigenvalue weighted by Crippen LogP contribution is 2.37. The molecule has 0 fully saturated rings. The minimum Gasteiger partial charge on any atom is -0.477 e. The maximum absolute atomic E-state index is 12.2. The molecule has 0 aliphatic carbocycles. The van der Waals surface area contributed by atoms with Crippen molar-refractivity contribution in [2.24, 2.45) is 0 Å². The van der Waals surface area contributed by atoms with Crippen molar-refractivity contribution in [1.29, 1.82) is 0 Å². The van der Waals surface area contributed by atoms with Crippen molar-refractivity contribution >= 4 is 17.6 Å². The second kappa shape index (κ2) is 10.1. The molecule has 0 bridgehead atoms. The molecule has 0 radical (unpaired) electrons. The van der Waals surface area contributed by atoms with Crippen LogP contribution in [-0.2, 0) is 4.74 Å². The summed E-state index contributed by atoms with van der Waals surface area (Å²) >= 11 is 6.25. The van der Waals surface area contributed by atoms with Crippen molar-refractivity contribution in [1.82, 2.24) is 4.98 Å². The molecule has 4 nitrogen and oxygen atoms in total. The van der Waals surface area contributed by atoms with Crippen molar-refractivity contribution in [3.8, 4) is 28.1 Å². The summed E-state index contributed by atoms with van der Waals surface area (Å²) in [5, 5.41) is 0.540. The lowest BCUT2D eigenvalue weighted by molar-refractivity contribution is 0.0526. The van der Waals surface area contributed by atoms with Gasteiger partial charge in [0.25, 0.3) is 0 Å². The highest BCUT2D eigenvalue weighted by molar-refractivity contribution is 6.30. The van der Waals surface area contributed by atoms with Crippen molar-refractivity contribution in [2.45, 2.75) is 26.7 Å². The minimum atomic E-state index is -0.333. The summed E-state index contributed by atoms with van der Waals surface area (Å²) in [6.07, 6.45) is 3.59. The molecular weight excluding hydrogens is 386 g/mol. The van der Waals surface area contributed by atoms with Gasteiger partial charge in [0.1, 0.15) is 0 Å². The van der Waals surface area contributed by atoms with Crippen molar-refractivity contribution in [3.63, 3.8) is 0 Å². The van der Waals surface area contributed by atoms with Gasteiger partial charge in [-0.05, 0) is 48.2 Å². The number of esters is 1. The molecule has 0 amide bonds. The predicted octanol–water partition coefficient (Wildman–Crippen LogP) is 6.42. The number of rotatable bonds is 8. The van der Waals surface area contributed by atoms with Crippen LogP contribution < -0.4 is 4.74 Å². The Hall–Kier alpha value is -2.85. The van der Waals surface area contributed by atoms with Crippen LogP contribution in [-0.4, -0.2) is 24.2 Å². The van der Waals surface area contributed by atoms with Gasteiger partial charge >= 0.3 is 5.97 Å². The Morgan fingerprint density at radius 1 is 1.00 bits per heavy atom. The maximum atomic E-state index is 12.2. The number of halogens is 1. The third kappa shape index (κ3) is 5.15. The first-order chi connectivity index (χ1) is 14.1. The number of nitrogens with zero attached hydrogens (tertiary/aromatic N) is 1. The quantitative estimate of drug-likeness (QED) is 0.318. The molecule has 0 unspecified atom stereocenters. The van der Waals surface area contributed by atoms with Gasteiger partial charge in [-0.25, -0.2) is 9.78 Å². The van der Waals surface area contributed by atoms with Gasteiger partial charge in [0.05, 0.1) is 23.8 Å². The minimum absolute atomic E-state index is 0.333. The Labute approximate surface area is 176 Å². The molecule has 0 aliphatic rings. The SMILES string of the molecule is CCCCOc1ncc(Cl)cc1-c1ccccc1-c1cccc(C(=O)OCC)c1. The molecule has 1 aromatic heterocycles. The molecule has 1 heterocycles. The zero-order chi connectivity index (χ0) is 20.6. The van der Waals surface area contributed by atoms with Crippen LogP contribution in [0.25, 0.3) is 22.3 Å². The summed E-state index contributed by atoms with van der Waals surface area (Å²) in [6.45, 7) is 4.85. The van der Waals surface area contributed by atoms with E-state index < -0.39 is 0 Å². The smallest absolute Gasteiger partial charge is 0.338 e. The van der Waals surface area contributed by atoms with Crippen LogP contribution in [0.5, 0.6) is 5.88 Å². The molecule has 29 heavy (non-hydrogen) atoms. The fraction of sp³-hybridized carbons (Fsp3) is 0.250. The van der Waals surface area contributed by atoms with E-state index in [1.54, 1.807) is 19.2 Å². The van der Waals surface area contributed by atoms with E-state index in [9.17, 15) is 4.79 Å². The molecule has 0 spiro atoms. The third-order valence-corrected chi connectivity index (χ3v) is 4.66. The molecule has 0 N–H and O–H groups in total. The van der Waals surface area contributed by atoms with Crippen molar-refractivity contribution in [2.75, 3.05) is 13.2 Å². The number of carbonyl (C=O) groups is 1. The van der Waals surface area contributed by atoms with Gasteiger partial charge < -0.3 is 9.47 Å². The van der Waals surface area contributed by atoms with Crippen molar-refractivity contribution in [3.05, 3.63) is 71.4 Å². The fourth-order valence-corrected chi connectivity index (χ4v) is 3.20. The number of unbranched alkanes of at least 4 members (excludes halogenated alkanes) is 1. The zero-order valence-corrected chi connectivity index (χ0v) is 17.4. The van der Waals surface area contributed by atoms with Gasteiger partial charge in [0.2, 0.25) is 5.88 Å². The van der Waals surface area contributed by atoms with Crippen LogP contribution in [0.3, 0.4) is 0 Å². The van der Waals surface area contributed by atoms with Gasteiger partial charge in [-0.2, -0.15) is 0 Å². The van der Waals surface area contributed by atoms with Crippen LogP contribution in [0.4, 0.5) is 0 Å². The Balaban J connectivity index is 2.06. The Morgan fingerprint density at radius 3 is 2.55 bits per heavy atom. The first kappa shape index (κ1) is 20.9. The molecule has 0 aliphatic heterocycles. The van der Waals surface area contributed by atoms with E-state index in [0.29, 0.717) is 29.7 Å². The number of hydrogen-bond acceptors (Lipinski definition) is 4. The van der Waals surface area contributed by atoms with E-state index in [0.717, 1.165) is 35.1 Å². The van der Waals surface area contributed by atoms with E-state index >= 15 is 0 Å². The average Bonchev–Trinajstić information content (AvgIpc) is 2.75. The normalized spacial score (nSPS) is 10.6. The lowest BCUT2D eigenvalue weighted by Gasteiger charge is -2.15. The van der Waals surface area contributed by atoms with Crippen LogP contribution in [0.1, 0.15) is 37.0 Å². The fourth-order valence-electron chi connectivity index (χ4n) is 3.05. The Bertz CT molecular complexity index is 987. The number of ether oxygens (including phenoxy) is 2. The third-order valence-electron chi connectivity index (χ3n) is 4.46. The summed E-state index contributed by atoms with van der Waals surface area (Å²) in [6, 6.07) is 17.2. The van der Waals surface area contributed by atoms with Gasteiger partial charge in [0.15, 0.2) is 0 Å². The van der Waals surface area contributed by atoms with E-state index in [-0.39, 0.29) is 5.97 Å². The van der Waals surface area contributed by atoms with E-state index in [2.05, 4.69) is 11.9 Å². The van der Waals surface area contributed by atoms with Crippen LogP contribution in [0.15, 0.2) is 60.8 Å². The summed E-state index contributed by atoms with van der Waals surface area (Å²) in [5.74, 6) is 0.219. The standard InChI is InChI=1S/C24H24ClNO3/c1-3-5-13-29-23-22(15-19(25)16-26-23)21-12-7-6-11-20(21)17-9-8-10-18(14-17)24(27)28-4-2/h6-12,14-16H,3-5,13H2,1-2H3. The lowest BCUT2D eigenvalue weighted by atomic mass is 9.94. The number of hydrogen-bond donors (Lipinski definition) is 0. The average molecular weight is 410 g/mol. The first-order valence-corrected chi connectivity index (χ1v) is 10.2. The van der Waals surface area contributed by atoms with E-state index in [4.69, 9.17) is 21.1 Å². The molecule has 150 valence electrons. The molecule has 0 saturated carbocycles. The second-order valence-corrected chi connectivity index (χ2v) is 6.99. The highest BCUT2D eigenvalue weighted by Gasteiger charge is 2.15.